The highest BCUT2D eigenvalue weighted by Gasteiger charge is 2.25. The van der Waals surface area contributed by atoms with E-state index in [0.29, 0.717) is 11.4 Å². The lowest BCUT2D eigenvalue weighted by atomic mass is 9.90. The number of hydrogen-bond acceptors (Lipinski definition) is 4. The van der Waals surface area contributed by atoms with Crippen LogP contribution in [0.25, 0.3) is 0 Å². The molecule has 0 radical (unpaired) electrons. The molecule has 0 unspecified atom stereocenters. The molecule has 0 aromatic carbocycles. The molecule has 0 saturated carbocycles. The number of rotatable bonds is 2. The zero-order valence-corrected chi connectivity index (χ0v) is 8.09. The Labute approximate surface area is 76.7 Å². The smallest absolute Gasteiger partial charge is 0.198 e. The molecule has 72 valence electrons. The zero-order chi connectivity index (χ0) is 10.1. The van der Waals surface area contributed by atoms with Gasteiger partial charge in [0.25, 0.3) is 0 Å². The first-order chi connectivity index (χ1) is 5.96. The predicted molar refractivity (Wildman–Crippen MR) is 48.5 cm³/mol. The van der Waals surface area contributed by atoms with E-state index in [1.165, 1.54) is 0 Å². The summed E-state index contributed by atoms with van der Waals surface area (Å²) < 4.78 is 0. The molecule has 5 nitrogen and oxygen atoms in total. The number of hydrogen-bond donors (Lipinski definition) is 2. The first kappa shape index (κ1) is 9.85. The maximum Gasteiger partial charge on any atom is 0.198 e. The fourth-order valence-electron chi connectivity index (χ4n) is 1.04. The lowest BCUT2D eigenvalue weighted by Crippen LogP contribution is -2.21. The number of carbonyl (C=O) groups is 1. The highest BCUT2D eigenvalue weighted by molar-refractivity contribution is 5.96. The summed E-state index contributed by atoms with van der Waals surface area (Å²) in [5.41, 5.74) is 6.08. The Morgan fingerprint density at radius 2 is 2.08 bits per heavy atom. The molecule has 0 spiro atoms. The Hall–Kier alpha value is -1.23. The summed E-state index contributed by atoms with van der Waals surface area (Å²) in [6, 6.07) is 0. The molecule has 0 aliphatic heterocycles. The highest BCUT2D eigenvalue weighted by Crippen LogP contribution is 2.21. The van der Waals surface area contributed by atoms with Crippen LogP contribution in [0.1, 0.15) is 37.0 Å². The Kier molecular flexibility index (Phi) is 2.47. The number of aromatic nitrogens is 3. The van der Waals surface area contributed by atoms with Gasteiger partial charge < -0.3 is 5.73 Å². The van der Waals surface area contributed by atoms with Crippen molar-refractivity contribution in [3.8, 4) is 0 Å². The zero-order valence-electron chi connectivity index (χ0n) is 8.09. The molecule has 0 atom stereocenters. The standard InChI is InChI=1S/C8H14N4O/c1-8(2,3)7-6(5(13)4-9)10-12-11-7/h4,9H2,1-3H3,(H,10,11,12). The molecule has 1 aromatic heterocycles. The average molecular weight is 182 g/mol. The molecular weight excluding hydrogens is 168 g/mol. The van der Waals surface area contributed by atoms with Crippen molar-refractivity contribution in [2.75, 3.05) is 6.54 Å². The van der Waals surface area contributed by atoms with Crippen LogP contribution in [0, 0.1) is 0 Å². The van der Waals surface area contributed by atoms with E-state index in [4.69, 9.17) is 5.73 Å². The van der Waals surface area contributed by atoms with Gasteiger partial charge in [-0.1, -0.05) is 20.8 Å². The molecule has 1 rings (SSSR count). The van der Waals surface area contributed by atoms with Crippen molar-refractivity contribution in [3.63, 3.8) is 0 Å². The Balaban J connectivity index is 3.10. The van der Waals surface area contributed by atoms with Crippen molar-refractivity contribution in [1.82, 2.24) is 15.4 Å². The normalized spacial score (nSPS) is 11.7. The van der Waals surface area contributed by atoms with Crippen LogP contribution in [0.5, 0.6) is 0 Å². The molecule has 0 amide bonds. The first-order valence-electron chi connectivity index (χ1n) is 4.11. The number of nitrogens with one attached hydrogen (secondary N) is 1. The van der Waals surface area contributed by atoms with Crippen LogP contribution in [-0.4, -0.2) is 27.7 Å². The van der Waals surface area contributed by atoms with E-state index in [0.717, 1.165) is 0 Å². The van der Waals surface area contributed by atoms with Gasteiger partial charge in [0.2, 0.25) is 0 Å². The van der Waals surface area contributed by atoms with E-state index in [-0.39, 0.29) is 17.7 Å². The van der Waals surface area contributed by atoms with Gasteiger partial charge in [-0.2, -0.15) is 15.4 Å². The second-order valence-electron chi connectivity index (χ2n) is 3.90. The number of carbonyl (C=O) groups excluding carboxylic acids is 1. The second-order valence-corrected chi connectivity index (χ2v) is 3.90. The van der Waals surface area contributed by atoms with Crippen molar-refractivity contribution in [2.24, 2.45) is 5.73 Å². The number of nitrogens with zero attached hydrogens (tertiary/aromatic N) is 2. The minimum atomic E-state index is -0.187. The van der Waals surface area contributed by atoms with Crippen LogP contribution >= 0.6 is 0 Å². The van der Waals surface area contributed by atoms with Gasteiger partial charge >= 0.3 is 0 Å². The largest absolute Gasteiger partial charge is 0.324 e. The van der Waals surface area contributed by atoms with Crippen LogP contribution in [-0.2, 0) is 5.41 Å². The molecule has 1 aromatic rings. The lowest BCUT2D eigenvalue weighted by Gasteiger charge is -2.15. The average Bonchev–Trinajstić information content (AvgIpc) is 2.49. The Morgan fingerprint density at radius 3 is 2.54 bits per heavy atom. The maximum absolute atomic E-state index is 11.3. The second kappa shape index (κ2) is 3.26. The summed E-state index contributed by atoms with van der Waals surface area (Å²) in [5, 5.41) is 10.2. The van der Waals surface area contributed by atoms with E-state index >= 15 is 0 Å². The van der Waals surface area contributed by atoms with Gasteiger partial charge in [0, 0.05) is 5.41 Å². The van der Waals surface area contributed by atoms with E-state index in [9.17, 15) is 4.79 Å². The lowest BCUT2D eigenvalue weighted by molar-refractivity contribution is 0.0994. The van der Waals surface area contributed by atoms with E-state index in [1.54, 1.807) is 0 Å². The maximum atomic E-state index is 11.3. The van der Waals surface area contributed by atoms with E-state index in [1.807, 2.05) is 20.8 Å². The van der Waals surface area contributed by atoms with Gasteiger partial charge in [0.05, 0.1) is 12.2 Å². The van der Waals surface area contributed by atoms with Crippen molar-refractivity contribution in [1.29, 1.82) is 0 Å². The molecule has 0 fully saturated rings. The third-order valence-electron chi connectivity index (χ3n) is 1.71. The molecule has 0 aliphatic carbocycles. The molecule has 0 bridgehead atoms. The molecule has 0 aliphatic rings. The third kappa shape index (κ3) is 1.92. The minimum Gasteiger partial charge on any atom is -0.324 e. The number of nitrogens with two attached hydrogens (primary N) is 1. The van der Waals surface area contributed by atoms with Crippen LogP contribution in [0.2, 0.25) is 0 Å². The summed E-state index contributed by atoms with van der Waals surface area (Å²) in [6.07, 6.45) is 0. The van der Waals surface area contributed by atoms with Crippen molar-refractivity contribution in [2.45, 2.75) is 26.2 Å². The van der Waals surface area contributed by atoms with Gasteiger partial charge in [-0.05, 0) is 0 Å². The number of ketones is 1. The van der Waals surface area contributed by atoms with Crippen molar-refractivity contribution >= 4 is 5.78 Å². The van der Waals surface area contributed by atoms with Gasteiger partial charge in [-0.25, -0.2) is 0 Å². The first-order valence-corrected chi connectivity index (χ1v) is 4.11. The minimum absolute atomic E-state index is 0.0321. The number of aromatic amines is 1. The molecular formula is C8H14N4O. The summed E-state index contributed by atoms with van der Waals surface area (Å²) in [5.74, 6) is -0.182. The summed E-state index contributed by atoms with van der Waals surface area (Å²) in [6.45, 7) is 5.88. The van der Waals surface area contributed by atoms with Gasteiger partial charge in [-0.15, -0.1) is 0 Å². The molecule has 13 heavy (non-hydrogen) atoms. The third-order valence-corrected chi connectivity index (χ3v) is 1.71. The van der Waals surface area contributed by atoms with Gasteiger partial charge in [0.1, 0.15) is 0 Å². The predicted octanol–water partition coefficient (Wildman–Crippen LogP) is 0.244. The van der Waals surface area contributed by atoms with E-state index < -0.39 is 0 Å². The monoisotopic (exact) mass is 182 g/mol. The summed E-state index contributed by atoms with van der Waals surface area (Å²) >= 11 is 0. The molecule has 0 saturated heterocycles. The van der Waals surface area contributed by atoms with Crippen molar-refractivity contribution < 1.29 is 4.79 Å². The number of Topliss-reactive ketones (excluding diaryl/α,β-unsaturated/α-hetero) is 1. The van der Waals surface area contributed by atoms with Crippen LogP contribution < -0.4 is 5.73 Å². The SMILES string of the molecule is CC(C)(C)c1n[nH]nc1C(=O)CN. The van der Waals surface area contributed by atoms with Crippen LogP contribution in [0.15, 0.2) is 0 Å². The Bertz CT molecular complexity index is 310. The molecule has 3 N–H and O–H groups in total. The topological polar surface area (TPSA) is 84.7 Å². The van der Waals surface area contributed by atoms with Crippen LogP contribution in [0.4, 0.5) is 0 Å². The quantitative estimate of drug-likeness (QED) is 0.642. The highest BCUT2D eigenvalue weighted by atomic mass is 16.1. The summed E-state index contributed by atoms with van der Waals surface area (Å²) in [4.78, 5) is 11.3. The van der Waals surface area contributed by atoms with E-state index in [2.05, 4.69) is 15.4 Å². The van der Waals surface area contributed by atoms with Gasteiger partial charge in [0.15, 0.2) is 11.5 Å². The molecule has 5 heteroatoms. The summed E-state index contributed by atoms with van der Waals surface area (Å²) in [7, 11) is 0. The van der Waals surface area contributed by atoms with Crippen molar-refractivity contribution in [3.05, 3.63) is 11.4 Å². The van der Waals surface area contributed by atoms with Crippen LogP contribution in [0.3, 0.4) is 0 Å². The number of H-pyrrole nitrogens is 1. The fraction of sp³-hybridized carbons (Fsp3) is 0.625. The Morgan fingerprint density at radius 1 is 1.46 bits per heavy atom. The molecule has 1 heterocycles. The van der Waals surface area contributed by atoms with Gasteiger partial charge in [-0.3, -0.25) is 4.79 Å². The fourth-order valence-corrected chi connectivity index (χ4v) is 1.04.